The first-order chi connectivity index (χ1) is 9.49. The zero-order chi connectivity index (χ0) is 15.1. The van der Waals surface area contributed by atoms with Crippen LogP contribution in [0.5, 0.6) is 0 Å². The smallest absolute Gasteiger partial charge is 0.325 e. The Balaban J connectivity index is 2.75. The highest BCUT2D eigenvalue weighted by molar-refractivity contribution is 5.96. The van der Waals surface area contributed by atoms with Gasteiger partial charge in [-0.25, -0.2) is 0 Å². The highest BCUT2D eigenvalue weighted by atomic mass is 16.4. The quantitative estimate of drug-likeness (QED) is 0.801. The summed E-state index contributed by atoms with van der Waals surface area (Å²) in [6.07, 6.45) is 1.06. The first-order valence-corrected chi connectivity index (χ1v) is 6.88. The molecule has 110 valence electrons. The van der Waals surface area contributed by atoms with Crippen LogP contribution in [0.2, 0.25) is 0 Å². The topological polar surface area (TPSA) is 69.6 Å². The van der Waals surface area contributed by atoms with Crippen LogP contribution in [0, 0.1) is 0 Å². The normalized spacial score (nSPS) is 11.8. The van der Waals surface area contributed by atoms with Gasteiger partial charge in [-0.2, -0.15) is 0 Å². The molecule has 20 heavy (non-hydrogen) atoms. The van der Waals surface area contributed by atoms with Gasteiger partial charge in [0.05, 0.1) is 0 Å². The summed E-state index contributed by atoms with van der Waals surface area (Å²) in [4.78, 5) is 24.8. The molecule has 0 bridgehead atoms. The maximum Gasteiger partial charge on any atom is 0.325 e. The number of aliphatic carboxylic acids is 1. The molecular weight excluding hydrogens is 256 g/mol. The number of hydrogen-bond acceptors (Lipinski definition) is 3. The number of carboxylic acid groups (broad SMARTS) is 1. The first kappa shape index (κ1) is 16.0. The maximum atomic E-state index is 11.8. The Hall–Kier alpha value is -2.04. The molecule has 2 N–H and O–H groups in total. The Morgan fingerprint density at radius 3 is 2.30 bits per heavy atom. The lowest BCUT2D eigenvalue weighted by Gasteiger charge is -2.22. The fourth-order valence-electron chi connectivity index (χ4n) is 1.91. The van der Waals surface area contributed by atoms with E-state index < -0.39 is 12.0 Å². The van der Waals surface area contributed by atoms with Crippen molar-refractivity contribution in [2.75, 3.05) is 18.0 Å². The largest absolute Gasteiger partial charge is 0.480 e. The van der Waals surface area contributed by atoms with Crippen molar-refractivity contribution in [3.05, 3.63) is 29.8 Å². The Kier molecular flexibility index (Phi) is 6.03. The van der Waals surface area contributed by atoms with Crippen molar-refractivity contribution in [2.24, 2.45) is 0 Å². The van der Waals surface area contributed by atoms with Crippen molar-refractivity contribution in [1.29, 1.82) is 0 Å². The summed E-state index contributed by atoms with van der Waals surface area (Å²) >= 11 is 0. The number of benzene rings is 1. The second kappa shape index (κ2) is 7.53. The van der Waals surface area contributed by atoms with Gasteiger partial charge in [0.2, 0.25) is 0 Å². The number of carboxylic acids is 1. The highest BCUT2D eigenvalue weighted by Crippen LogP contribution is 2.15. The molecule has 0 aromatic heterocycles. The molecule has 5 nitrogen and oxygen atoms in total. The molecule has 1 atom stereocenters. The lowest BCUT2D eigenvalue weighted by Crippen LogP contribution is -2.38. The van der Waals surface area contributed by atoms with Crippen LogP contribution in [-0.2, 0) is 4.79 Å². The van der Waals surface area contributed by atoms with Crippen molar-refractivity contribution in [2.45, 2.75) is 33.2 Å². The summed E-state index contributed by atoms with van der Waals surface area (Å²) in [7, 11) is 0. The Bertz CT molecular complexity index is 457. The Labute approximate surface area is 119 Å². The third kappa shape index (κ3) is 4.26. The number of carbonyl (C=O) groups is 2. The van der Waals surface area contributed by atoms with Gasteiger partial charge in [-0.15, -0.1) is 0 Å². The molecular formula is C15H22N2O3. The van der Waals surface area contributed by atoms with E-state index in [1.54, 1.807) is 12.1 Å². The molecule has 0 saturated carbocycles. The SMILES string of the molecule is CCCN(CC)c1ccc(C(=O)N[C@@H](C)C(=O)O)cc1. The molecule has 0 unspecified atom stereocenters. The number of anilines is 1. The van der Waals surface area contributed by atoms with E-state index in [9.17, 15) is 9.59 Å². The van der Waals surface area contributed by atoms with Crippen molar-refractivity contribution < 1.29 is 14.7 Å². The number of hydrogen-bond donors (Lipinski definition) is 2. The minimum Gasteiger partial charge on any atom is -0.480 e. The van der Waals surface area contributed by atoms with Crippen LogP contribution in [0.3, 0.4) is 0 Å². The van der Waals surface area contributed by atoms with Gasteiger partial charge in [-0.3, -0.25) is 9.59 Å². The maximum absolute atomic E-state index is 11.8. The average Bonchev–Trinajstić information content (AvgIpc) is 2.44. The second-order valence-corrected chi connectivity index (χ2v) is 4.66. The van der Waals surface area contributed by atoms with Crippen LogP contribution in [0.4, 0.5) is 5.69 Å². The number of amides is 1. The van der Waals surface area contributed by atoms with Crippen molar-refractivity contribution in [3.63, 3.8) is 0 Å². The van der Waals surface area contributed by atoms with E-state index in [0.717, 1.165) is 25.2 Å². The molecule has 5 heteroatoms. The standard InChI is InChI=1S/C15H22N2O3/c1-4-10-17(5-2)13-8-6-12(7-9-13)14(18)16-11(3)15(19)20/h6-9,11H,4-5,10H2,1-3H3,(H,16,18)(H,19,20)/t11-/m0/s1. The van der Waals surface area contributed by atoms with Crippen LogP contribution in [0.1, 0.15) is 37.6 Å². The molecule has 0 aliphatic rings. The van der Waals surface area contributed by atoms with Gasteiger partial charge in [0.25, 0.3) is 5.91 Å². The van der Waals surface area contributed by atoms with E-state index in [-0.39, 0.29) is 5.91 Å². The van der Waals surface area contributed by atoms with Crippen LogP contribution in [-0.4, -0.2) is 36.1 Å². The molecule has 0 radical (unpaired) electrons. The fraction of sp³-hybridized carbons (Fsp3) is 0.467. The molecule has 0 fully saturated rings. The fourth-order valence-corrected chi connectivity index (χ4v) is 1.91. The van der Waals surface area contributed by atoms with Crippen LogP contribution in [0.25, 0.3) is 0 Å². The van der Waals surface area contributed by atoms with E-state index in [4.69, 9.17) is 5.11 Å². The first-order valence-electron chi connectivity index (χ1n) is 6.88. The highest BCUT2D eigenvalue weighted by Gasteiger charge is 2.15. The molecule has 0 heterocycles. The number of carbonyl (C=O) groups excluding carboxylic acids is 1. The second-order valence-electron chi connectivity index (χ2n) is 4.66. The van der Waals surface area contributed by atoms with E-state index in [1.165, 1.54) is 6.92 Å². The molecule has 0 saturated heterocycles. The summed E-state index contributed by atoms with van der Waals surface area (Å²) < 4.78 is 0. The van der Waals surface area contributed by atoms with E-state index >= 15 is 0 Å². The van der Waals surface area contributed by atoms with Gasteiger partial charge in [-0.05, 0) is 44.5 Å². The van der Waals surface area contributed by atoms with Gasteiger partial charge in [0, 0.05) is 24.3 Å². The third-order valence-corrected chi connectivity index (χ3v) is 3.09. The minimum atomic E-state index is -1.05. The van der Waals surface area contributed by atoms with Crippen LogP contribution in [0.15, 0.2) is 24.3 Å². The molecule has 1 amide bonds. The Morgan fingerprint density at radius 2 is 1.85 bits per heavy atom. The van der Waals surface area contributed by atoms with E-state index in [2.05, 4.69) is 24.1 Å². The summed E-state index contributed by atoms with van der Waals surface area (Å²) in [5.74, 6) is -1.42. The summed E-state index contributed by atoms with van der Waals surface area (Å²) in [6, 6.07) is 6.32. The van der Waals surface area contributed by atoms with Crippen LogP contribution >= 0.6 is 0 Å². The van der Waals surface area contributed by atoms with Gasteiger partial charge < -0.3 is 15.3 Å². The molecule has 1 aromatic carbocycles. The van der Waals surface area contributed by atoms with Crippen molar-refractivity contribution in [3.8, 4) is 0 Å². The lowest BCUT2D eigenvalue weighted by molar-refractivity contribution is -0.138. The summed E-state index contributed by atoms with van der Waals surface area (Å²) in [5.41, 5.74) is 1.53. The predicted molar refractivity (Wildman–Crippen MR) is 79.2 cm³/mol. The molecule has 0 spiro atoms. The predicted octanol–water partition coefficient (Wildman–Crippen LogP) is 2.13. The van der Waals surface area contributed by atoms with Crippen molar-refractivity contribution in [1.82, 2.24) is 5.32 Å². The van der Waals surface area contributed by atoms with Gasteiger partial charge in [-0.1, -0.05) is 6.92 Å². The van der Waals surface area contributed by atoms with Gasteiger partial charge in [0.15, 0.2) is 0 Å². The van der Waals surface area contributed by atoms with Gasteiger partial charge in [0.1, 0.15) is 6.04 Å². The van der Waals surface area contributed by atoms with Crippen LogP contribution < -0.4 is 10.2 Å². The molecule has 0 aliphatic carbocycles. The van der Waals surface area contributed by atoms with Crippen molar-refractivity contribution >= 4 is 17.6 Å². The average molecular weight is 278 g/mol. The number of rotatable bonds is 7. The van der Waals surface area contributed by atoms with E-state index in [0.29, 0.717) is 5.56 Å². The molecule has 0 aliphatic heterocycles. The number of nitrogens with one attached hydrogen (secondary N) is 1. The zero-order valence-electron chi connectivity index (χ0n) is 12.2. The lowest BCUT2D eigenvalue weighted by atomic mass is 10.1. The summed E-state index contributed by atoms with van der Waals surface area (Å²) in [6.45, 7) is 7.53. The van der Waals surface area contributed by atoms with Gasteiger partial charge >= 0.3 is 5.97 Å². The number of nitrogens with zero attached hydrogens (tertiary/aromatic N) is 1. The van der Waals surface area contributed by atoms with E-state index in [1.807, 2.05) is 12.1 Å². The zero-order valence-corrected chi connectivity index (χ0v) is 12.2. The summed E-state index contributed by atoms with van der Waals surface area (Å²) in [5, 5.41) is 11.2. The monoisotopic (exact) mass is 278 g/mol. The molecule has 1 rings (SSSR count). The minimum absolute atomic E-state index is 0.370. The third-order valence-electron chi connectivity index (χ3n) is 3.09. The Morgan fingerprint density at radius 1 is 1.25 bits per heavy atom. The molecule has 1 aromatic rings.